The van der Waals surface area contributed by atoms with Crippen LogP contribution < -0.4 is 10.2 Å². The molecule has 5 nitrogen and oxygen atoms in total. The van der Waals surface area contributed by atoms with E-state index >= 15 is 0 Å². The third-order valence-electron chi connectivity index (χ3n) is 5.30. The predicted octanol–water partition coefficient (Wildman–Crippen LogP) is 5.31. The van der Waals surface area contributed by atoms with Gasteiger partial charge in [0.15, 0.2) is 5.60 Å². The van der Waals surface area contributed by atoms with Crippen LogP contribution >= 0.6 is 11.6 Å². The molecule has 0 saturated carbocycles. The van der Waals surface area contributed by atoms with Gasteiger partial charge in [-0.25, -0.2) is 5.43 Å². The van der Waals surface area contributed by atoms with Crippen molar-refractivity contribution < 1.29 is 14.6 Å². The van der Waals surface area contributed by atoms with E-state index < -0.39 is 11.5 Å². The highest BCUT2D eigenvalue weighted by atomic mass is 35.5. The zero-order valence-corrected chi connectivity index (χ0v) is 19.0. The van der Waals surface area contributed by atoms with Crippen LogP contribution in [0.25, 0.3) is 0 Å². The van der Waals surface area contributed by atoms with Crippen LogP contribution in [0.1, 0.15) is 22.3 Å². The monoisotopic (exact) mass is 470 g/mol. The number of aliphatic hydroxyl groups is 1. The van der Waals surface area contributed by atoms with E-state index in [4.69, 9.17) is 16.3 Å². The summed E-state index contributed by atoms with van der Waals surface area (Å²) in [6, 6.07) is 32.3. The van der Waals surface area contributed by atoms with Crippen LogP contribution in [0.5, 0.6) is 5.75 Å². The van der Waals surface area contributed by atoms with Gasteiger partial charge >= 0.3 is 0 Å². The fraction of sp³-hybridized carbons (Fsp3) is 0.0714. The third-order valence-corrected chi connectivity index (χ3v) is 5.67. The molecule has 0 aliphatic heterocycles. The van der Waals surface area contributed by atoms with E-state index in [1.54, 1.807) is 54.6 Å². The van der Waals surface area contributed by atoms with Gasteiger partial charge in [-0.1, -0.05) is 103 Å². The Morgan fingerprint density at radius 1 is 0.882 bits per heavy atom. The van der Waals surface area contributed by atoms with Crippen LogP contribution in [0.15, 0.2) is 114 Å². The number of hydrogen-bond donors (Lipinski definition) is 2. The Morgan fingerprint density at radius 3 is 2.15 bits per heavy atom. The molecule has 0 fully saturated rings. The van der Waals surface area contributed by atoms with Gasteiger partial charge in [-0.05, 0) is 34.9 Å². The number of halogens is 1. The molecule has 0 heterocycles. The molecule has 0 radical (unpaired) electrons. The summed E-state index contributed by atoms with van der Waals surface area (Å²) in [6.07, 6.45) is 1.50. The summed E-state index contributed by atoms with van der Waals surface area (Å²) in [5.41, 5.74) is 3.09. The first-order valence-electron chi connectivity index (χ1n) is 10.7. The lowest BCUT2D eigenvalue weighted by atomic mass is 9.85. The van der Waals surface area contributed by atoms with E-state index in [9.17, 15) is 9.90 Å². The summed E-state index contributed by atoms with van der Waals surface area (Å²) in [5, 5.41) is 16.2. The Bertz CT molecular complexity index is 1240. The number of carbonyl (C=O) groups is 1. The molecule has 2 N–H and O–H groups in total. The van der Waals surface area contributed by atoms with Crippen molar-refractivity contribution in [3.8, 4) is 5.75 Å². The lowest BCUT2D eigenvalue weighted by Gasteiger charge is -2.27. The summed E-state index contributed by atoms with van der Waals surface area (Å²) in [7, 11) is 0. The summed E-state index contributed by atoms with van der Waals surface area (Å²) < 4.78 is 5.84. The fourth-order valence-corrected chi connectivity index (χ4v) is 3.69. The smallest absolute Gasteiger partial charge is 0.281 e. The van der Waals surface area contributed by atoms with E-state index in [1.807, 2.05) is 54.6 Å². The first-order chi connectivity index (χ1) is 16.6. The molecule has 170 valence electrons. The minimum Gasteiger partial charge on any atom is -0.489 e. The maximum absolute atomic E-state index is 13.1. The highest BCUT2D eigenvalue weighted by Gasteiger charge is 2.39. The van der Waals surface area contributed by atoms with Crippen LogP contribution in [0, 0.1) is 0 Å². The molecule has 0 aliphatic carbocycles. The second-order valence-corrected chi connectivity index (χ2v) is 8.00. The van der Waals surface area contributed by atoms with E-state index in [0.717, 1.165) is 11.1 Å². The number of benzene rings is 4. The first kappa shape index (κ1) is 23.2. The van der Waals surface area contributed by atoms with Gasteiger partial charge in [0.2, 0.25) is 0 Å². The van der Waals surface area contributed by atoms with E-state index in [0.29, 0.717) is 28.5 Å². The van der Waals surface area contributed by atoms with Gasteiger partial charge in [0.1, 0.15) is 12.4 Å². The summed E-state index contributed by atoms with van der Waals surface area (Å²) in [4.78, 5) is 13.1. The van der Waals surface area contributed by atoms with Crippen molar-refractivity contribution in [2.75, 3.05) is 0 Å². The van der Waals surface area contributed by atoms with Crippen LogP contribution in [-0.2, 0) is 17.0 Å². The molecule has 0 atom stereocenters. The van der Waals surface area contributed by atoms with Crippen LogP contribution in [-0.4, -0.2) is 17.2 Å². The summed E-state index contributed by atoms with van der Waals surface area (Å²) in [5.74, 6) is -0.0208. The summed E-state index contributed by atoms with van der Waals surface area (Å²) in [6.45, 7) is 0.332. The topological polar surface area (TPSA) is 70.9 Å². The van der Waals surface area contributed by atoms with Crippen molar-refractivity contribution >= 4 is 23.7 Å². The Hall–Kier alpha value is -3.93. The number of carbonyl (C=O) groups excluding carboxylic acids is 1. The summed E-state index contributed by atoms with van der Waals surface area (Å²) >= 11 is 6.18. The number of nitrogens with one attached hydrogen (secondary N) is 1. The van der Waals surface area contributed by atoms with Gasteiger partial charge in [-0.15, -0.1) is 0 Å². The molecule has 0 unspecified atom stereocenters. The van der Waals surface area contributed by atoms with Crippen LogP contribution in [0.4, 0.5) is 0 Å². The van der Waals surface area contributed by atoms with Gasteiger partial charge in [0, 0.05) is 10.6 Å². The van der Waals surface area contributed by atoms with Crippen LogP contribution in [0.2, 0.25) is 5.02 Å². The number of amides is 1. The standard InChI is InChI=1S/C28H23ClN2O3/c29-26-17-8-7-11-22(26)20-34-25-16-9-10-21(18-25)19-30-31-27(32)28(33,23-12-3-1-4-13-23)24-14-5-2-6-15-24/h1-19,33H,20H2,(H,31,32)/b30-19-. The predicted molar refractivity (Wildman–Crippen MR) is 134 cm³/mol. The molecule has 4 aromatic carbocycles. The molecule has 1 amide bonds. The van der Waals surface area contributed by atoms with Crippen molar-refractivity contribution in [1.29, 1.82) is 0 Å². The van der Waals surface area contributed by atoms with Crippen LogP contribution in [0.3, 0.4) is 0 Å². The average Bonchev–Trinajstić information content (AvgIpc) is 2.89. The van der Waals surface area contributed by atoms with Gasteiger partial charge < -0.3 is 9.84 Å². The number of ether oxygens (including phenoxy) is 1. The SMILES string of the molecule is O=C(N/N=C\c1cccc(OCc2ccccc2Cl)c1)C(O)(c1ccccc1)c1ccccc1. The molecule has 6 heteroatoms. The minimum absolute atomic E-state index is 0.332. The molecule has 34 heavy (non-hydrogen) atoms. The third kappa shape index (κ3) is 5.34. The molecular formula is C28H23ClN2O3. The van der Waals surface area contributed by atoms with Crippen molar-refractivity contribution in [2.24, 2.45) is 5.10 Å². The highest BCUT2D eigenvalue weighted by molar-refractivity contribution is 6.31. The molecule has 0 aromatic heterocycles. The number of rotatable bonds is 8. The zero-order valence-electron chi connectivity index (χ0n) is 18.3. The average molecular weight is 471 g/mol. The number of hydrazone groups is 1. The lowest BCUT2D eigenvalue weighted by molar-refractivity contribution is -0.136. The molecule has 0 bridgehead atoms. The van der Waals surface area contributed by atoms with Crippen molar-refractivity contribution in [3.63, 3.8) is 0 Å². The Morgan fingerprint density at radius 2 is 1.50 bits per heavy atom. The second-order valence-electron chi connectivity index (χ2n) is 7.59. The highest BCUT2D eigenvalue weighted by Crippen LogP contribution is 2.29. The minimum atomic E-state index is -1.89. The molecule has 4 rings (SSSR count). The van der Waals surface area contributed by atoms with Gasteiger partial charge in [-0.3, -0.25) is 4.79 Å². The number of nitrogens with zero attached hydrogens (tertiary/aromatic N) is 1. The van der Waals surface area contributed by atoms with Gasteiger partial charge in [0.05, 0.1) is 6.21 Å². The second kappa shape index (κ2) is 10.8. The van der Waals surface area contributed by atoms with Crippen molar-refractivity contribution in [2.45, 2.75) is 12.2 Å². The van der Waals surface area contributed by atoms with Gasteiger partial charge in [-0.2, -0.15) is 5.10 Å². The Kier molecular flexibility index (Phi) is 7.38. The van der Waals surface area contributed by atoms with Gasteiger partial charge in [0.25, 0.3) is 5.91 Å². The maximum atomic E-state index is 13.1. The largest absolute Gasteiger partial charge is 0.489 e. The van der Waals surface area contributed by atoms with E-state index in [1.165, 1.54) is 6.21 Å². The molecule has 0 aliphatic rings. The Balaban J connectivity index is 1.47. The molecular weight excluding hydrogens is 448 g/mol. The Labute approximate surface area is 203 Å². The van der Waals surface area contributed by atoms with E-state index in [2.05, 4.69) is 10.5 Å². The van der Waals surface area contributed by atoms with Crippen molar-refractivity contribution in [3.05, 3.63) is 136 Å². The van der Waals surface area contributed by atoms with E-state index in [-0.39, 0.29) is 0 Å². The normalized spacial score (nSPS) is 11.4. The quantitative estimate of drug-likeness (QED) is 0.271. The molecule has 0 spiro atoms. The molecule has 0 saturated heterocycles. The van der Waals surface area contributed by atoms with Crippen molar-refractivity contribution in [1.82, 2.24) is 5.43 Å². The zero-order chi connectivity index (χ0) is 23.8. The lowest BCUT2D eigenvalue weighted by Crippen LogP contribution is -2.43. The molecule has 4 aromatic rings. The maximum Gasteiger partial charge on any atom is 0.281 e. The number of hydrogen-bond acceptors (Lipinski definition) is 4. The fourth-order valence-electron chi connectivity index (χ4n) is 3.50. The first-order valence-corrected chi connectivity index (χ1v) is 11.1.